The van der Waals surface area contributed by atoms with Gasteiger partial charge in [-0.15, -0.1) is 0 Å². The average molecular weight is 634 g/mol. The zero-order valence-electron chi connectivity index (χ0n) is 23.1. The third-order valence-electron chi connectivity index (χ3n) is 5.64. The molecule has 6 atom stereocenters. The molecule has 0 spiro atoms. The van der Waals surface area contributed by atoms with Gasteiger partial charge in [-0.05, 0) is 41.5 Å². The van der Waals surface area contributed by atoms with Gasteiger partial charge in [0.15, 0.2) is 11.8 Å². The van der Waals surface area contributed by atoms with Crippen molar-refractivity contribution in [3.8, 4) is 0 Å². The summed E-state index contributed by atoms with van der Waals surface area (Å²) >= 11 is 5.86. The van der Waals surface area contributed by atoms with Gasteiger partial charge in [-0.3, -0.25) is 18.7 Å². The van der Waals surface area contributed by atoms with E-state index >= 15 is 0 Å². The first-order valence-electron chi connectivity index (χ1n) is 12.4. The number of nitrogen functional groups attached to an aromatic ring is 1. The number of ether oxygens (including phenoxy) is 3. The van der Waals surface area contributed by atoms with Crippen molar-refractivity contribution in [2.45, 2.75) is 96.3 Å². The number of hydrogen-bond donors (Lipinski definition) is 5. The number of esters is 2. The van der Waals surface area contributed by atoms with Gasteiger partial charge in [0, 0.05) is 6.20 Å². The van der Waals surface area contributed by atoms with Crippen molar-refractivity contribution in [2.75, 3.05) is 12.3 Å². The Morgan fingerprint density at radius 1 is 1.15 bits per heavy atom. The van der Waals surface area contributed by atoms with Crippen LogP contribution < -0.4 is 21.6 Å². The van der Waals surface area contributed by atoms with Crippen LogP contribution in [0.25, 0.3) is 0 Å². The first-order chi connectivity index (χ1) is 18.8. The summed E-state index contributed by atoms with van der Waals surface area (Å²) in [6.45, 7) is 7.35. The molecule has 0 unspecified atom stereocenters. The maximum atomic E-state index is 14.5. The minimum absolute atomic E-state index is 0.275. The molecule has 1 saturated heterocycles. The SMILES string of the molecule is CC(C)OC(=O)[C@H](C)NP(=O)(N[C@@H](C)C(=O)OC(C)C)OC[C@@]1(C(F)F)O[C@@H](n2cc(Cl)c(N)nc2=O)[C@@H](O)[C@@H]1O. The van der Waals surface area contributed by atoms with Crippen LogP contribution in [0, 0.1) is 0 Å². The molecule has 19 heteroatoms. The number of aliphatic hydroxyl groups excluding tert-OH is 2. The van der Waals surface area contributed by atoms with E-state index in [2.05, 4.69) is 15.2 Å². The molecule has 6 N–H and O–H groups in total. The van der Waals surface area contributed by atoms with Crippen molar-refractivity contribution < 1.29 is 51.9 Å². The molecule has 0 saturated carbocycles. The van der Waals surface area contributed by atoms with Crippen LogP contribution >= 0.6 is 19.3 Å². The van der Waals surface area contributed by atoms with E-state index in [-0.39, 0.29) is 10.8 Å². The number of alkyl halides is 2. The van der Waals surface area contributed by atoms with Crippen molar-refractivity contribution in [3.05, 3.63) is 21.7 Å². The molecule has 1 aromatic heterocycles. The van der Waals surface area contributed by atoms with Crippen LogP contribution in [0.15, 0.2) is 11.0 Å². The lowest BCUT2D eigenvalue weighted by Gasteiger charge is -2.33. The fraction of sp³-hybridized carbons (Fsp3) is 0.727. The summed E-state index contributed by atoms with van der Waals surface area (Å²) < 4.78 is 64.0. The lowest BCUT2D eigenvalue weighted by Crippen LogP contribution is -2.53. The van der Waals surface area contributed by atoms with Gasteiger partial charge in [-0.25, -0.2) is 23.7 Å². The minimum atomic E-state index is -4.65. The van der Waals surface area contributed by atoms with Crippen molar-refractivity contribution in [2.24, 2.45) is 0 Å². The summed E-state index contributed by atoms with van der Waals surface area (Å²) in [6.07, 6.45) is -10.3. The molecular formula is C22H35ClF2N5O10P. The zero-order chi connectivity index (χ0) is 31.4. The van der Waals surface area contributed by atoms with E-state index < -0.39 is 86.7 Å². The minimum Gasteiger partial charge on any atom is -0.462 e. The van der Waals surface area contributed by atoms with Gasteiger partial charge in [0.2, 0.25) is 0 Å². The Morgan fingerprint density at radius 2 is 1.63 bits per heavy atom. The Balaban J connectivity index is 2.41. The Labute approximate surface area is 239 Å². The second-order valence-corrected chi connectivity index (χ2v) is 12.1. The Kier molecular flexibility index (Phi) is 11.8. The van der Waals surface area contributed by atoms with E-state index in [0.717, 1.165) is 6.20 Å². The molecular weight excluding hydrogens is 599 g/mol. The molecule has 0 bridgehead atoms. The number of carbonyl (C=O) groups excluding carboxylic acids is 2. The van der Waals surface area contributed by atoms with Crippen molar-refractivity contribution in [1.29, 1.82) is 0 Å². The largest absolute Gasteiger partial charge is 0.462 e. The molecule has 1 fully saturated rings. The van der Waals surface area contributed by atoms with Gasteiger partial charge in [0.25, 0.3) is 6.43 Å². The molecule has 15 nitrogen and oxygen atoms in total. The van der Waals surface area contributed by atoms with Crippen molar-refractivity contribution >= 4 is 37.0 Å². The van der Waals surface area contributed by atoms with Gasteiger partial charge < -0.3 is 34.7 Å². The topological polar surface area (TPSA) is 214 Å². The van der Waals surface area contributed by atoms with Gasteiger partial charge in [0.05, 0.1) is 23.8 Å². The number of carbonyl (C=O) groups is 2. The van der Waals surface area contributed by atoms with Gasteiger partial charge in [-0.2, -0.15) is 4.98 Å². The summed E-state index contributed by atoms with van der Waals surface area (Å²) in [5.74, 6) is -2.14. The van der Waals surface area contributed by atoms with Crippen LogP contribution in [0.5, 0.6) is 0 Å². The first kappa shape index (κ1) is 35.0. The number of rotatable bonds is 13. The van der Waals surface area contributed by atoms with Crippen LogP contribution in [0.1, 0.15) is 47.8 Å². The molecule has 2 rings (SSSR count). The van der Waals surface area contributed by atoms with Crippen molar-refractivity contribution in [1.82, 2.24) is 19.7 Å². The summed E-state index contributed by atoms with van der Waals surface area (Å²) in [7, 11) is -4.65. The summed E-state index contributed by atoms with van der Waals surface area (Å²) in [5, 5.41) is 25.6. The lowest BCUT2D eigenvalue weighted by molar-refractivity contribution is -0.192. The van der Waals surface area contributed by atoms with Gasteiger partial charge >= 0.3 is 25.3 Å². The van der Waals surface area contributed by atoms with E-state index in [9.17, 15) is 37.9 Å². The fourth-order valence-electron chi connectivity index (χ4n) is 3.62. The van der Waals surface area contributed by atoms with Crippen LogP contribution in [0.3, 0.4) is 0 Å². The van der Waals surface area contributed by atoms with E-state index in [1.165, 1.54) is 13.8 Å². The van der Waals surface area contributed by atoms with E-state index in [0.29, 0.717) is 4.57 Å². The normalized spacial score (nSPS) is 24.6. The lowest BCUT2D eigenvalue weighted by atomic mass is 9.96. The van der Waals surface area contributed by atoms with Crippen LogP contribution in [0.4, 0.5) is 14.6 Å². The summed E-state index contributed by atoms with van der Waals surface area (Å²) in [6, 6.07) is -2.69. The fourth-order valence-corrected chi connectivity index (χ4v) is 5.61. The van der Waals surface area contributed by atoms with E-state index in [4.69, 9.17) is 36.1 Å². The highest BCUT2D eigenvalue weighted by molar-refractivity contribution is 7.54. The van der Waals surface area contributed by atoms with Crippen LogP contribution in [-0.2, 0) is 32.9 Å². The predicted octanol–water partition coefficient (Wildman–Crippen LogP) is 0.718. The number of aromatic nitrogens is 2. The third-order valence-corrected chi connectivity index (χ3v) is 7.88. The second kappa shape index (κ2) is 13.8. The van der Waals surface area contributed by atoms with Gasteiger partial charge in [-0.1, -0.05) is 11.6 Å². The molecule has 0 aromatic carbocycles. The predicted molar refractivity (Wildman–Crippen MR) is 140 cm³/mol. The molecule has 0 radical (unpaired) electrons. The van der Waals surface area contributed by atoms with Gasteiger partial charge in [0.1, 0.15) is 30.1 Å². The maximum Gasteiger partial charge on any atom is 0.351 e. The number of aliphatic hydroxyl groups is 2. The Bertz CT molecular complexity index is 1170. The number of halogens is 3. The standard InChI is InChI=1S/C22H35ClF2N5O10P/c1-9(2)38-18(33)11(5)28-41(36,29-12(6)19(34)39-10(3)4)37-8-22(20(24)25)15(32)14(31)17(40-22)30-7-13(23)16(26)27-21(30)35/h7,9-12,14-15,17,20,31-32H,8H2,1-6H3,(H2,26,27,35)(H2,28,29,36)/t11-,12-,14-,15-,17+,22+/m0/s1. The van der Waals surface area contributed by atoms with Crippen LogP contribution in [-0.4, -0.2) is 86.8 Å². The number of anilines is 1. The number of hydrogen-bond acceptors (Lipinski definition) is 12. The summed E-state index contributed by atoms with van der Waals surface area (Å²) in [5.41, 5.74) is 1.25. The van der Waals surface area contributed by atoms with E-state index in [1.54, 1.807) is 27.7 Å². The number of nitrogens with one attached hydrogen (secondary N) is 2. The molecule has 0 aliphatic carbocycles. The van der Waals surface area contributed by atoms with E-state index in [1.807, 2.05) is 0 Å². The zero-order valence-corrected chi connectivity index (χ0v) is 24.8. The number of nitrogens with zero attached hydrogens (tertiary/aromatic N) is 2. The Hall–Kier alpha value is -2.24. The van der Waals surface area contributed by atoms with Crippen molar-refractivity contribution in [3.63, 3.8) is 0 Å². The highest BCUT2D eigenvalue weighted by Gasteiger charge is 2.61. The first-order valence-corrected chi connectivity index (χ1v) is 14.4. The quantitative estimate of drug-likeness (QED) is 0.150. The number of nitrogens with two attached hydrogens (primary N) is 1. The molecule has 1 aliphatic heterocycles. The molecule has 41 heavy (non-hydrogen) atoms. The monoisotopic (exact) mass is 633 g/mol. The molecule has 1 aromatic rings. The highest BCUT2D eigenvalue weighted by Crippen LogP contribution is 2.46. The second-order valence-electron chi connectivity index (χ2n) is 9.86. The third kappa shape index (κ3) is 8.41. The molecule has 0 amide bonds. The van der Waals surface area contributed by atoms with Crippen LogP contribution in [0.2, 0.25) is 5.02 Å². The highest BCUT2D eigenvalue weighted by atomic mass is 35.5. The molecule has 2 heterocycles. The summed E-state index contributed by atoms with van der Waals surface area (Å²) in [4.78, 5) is 40.4. The maximum absolute atomic E-state index is 14.5. The molecule has 1 aliphatic rings. The Morgan fingerprint density at radius 3 is 2.07 bits per heavy atom. The average Bonchev–Trinajstić information content (AvgIpc) is 3.10. The smallest absolute Gasteiger partial charge is 0.351 e. The molecule has 234 valence electrons.